The number of hydrogen-bond donors (Lipinski definition) is 1. The Morgan fingerprint density at radius 1 is 1.14 bits per heavy atom. The lowest BCUT2D eigenvalue weighted by atomic mass is 9.97. The zero-order chi connectivity index (χ0) is 21.0. The van der Waals surface area contributed by atoms with Crippen LogP contribution < -0.4 is 0 Å². The van der Waals surface area contributed by atoms with E-state index < -0.39 is 16.1 Å². The van der Waals surface area contributed by atoms with E-state index in [2.05, 4.69) is 0 Å². The molecule has 1 N–H and O–H groups in total. The molecule has 0 saturated carbocycles. The van der Waals surface area contributed by atoms with Crippen LogP contribution in [0.25, 0.3) is 0 Å². The highest BCUT2D eigenvalue weighted by atomic mass is 32.2. The monoisotopic (exact) mass is 411 g/mol. The van der Waals surface area contributed by atoms with E-state index in [-0.39, 0.29) is 5.92 Å². The average molecular weight is 412 g/mol. The number of allylic oxidation sites excluding steroid dienone is 1. The van der Waals surface area contributed by atoms with Gasteiger partial charge in [0.1, 0.15) is 0 Å². The van der Waals surface area contributed by atoms with Gasteiger partial charge in [0.15, 0.2) is 0 Å². The third kappa shape index (κ3) is 5.04. The smallest absolute Gasteiger partial charge is 0.243 e. The van der Waals surface area contributed by atoms with Crippen LogP contribution in [-0.4, -0.2) is 30.9 Å². The number of aliphatic hydroxyl groups excluding tert-OH is 1. The number of nitrogens with zero attached hydrogens (tertiary/aromatic N) is 1. The number of benzene rings is 2. The van der Waals surface area contributed by atoms with Crippen LogP contribution in [0.4, 0.5) is 0 Å². The van der Waals surface area contributed by atoms with Crippen molar-refractivity contribution in [3.05, 3.63) is 89.0 Å². The lowest BCUT2D eigenvalue weighted by Crippen LogP contribution is -2.28. The summed E-state index contributed by atoms with van der Waals surface area (Å²) in [5.74, 6) is 0.0307. The number of rotatable bonds is 6. The largest absolute Gasteiger partial charge is 0.388 e. The van der Waals surface area contributed by atoms with Crippen LogP contribution in [0.2, 0.25) is 0 Å². The highest BCUT2D eigenvalue weighted by Crippen LogP contribution is 2.31. The third-order valence-corrected chi connectivity index (χ3v) is 7.23. The molecule has 1 unspecified atom stereocenters. The van der Waals surface area contributed by atoms with Gasteiger partial charge in [0.2, 0.25) is 10.0 Å². The van der Waals surface area contributed by atoms with Crippen molar-refractivity contribution in [2.75, 3.05) is 13.1 Å². The van der Waals surface area contributed by atoms with E-state index in [0.29, 0.717) is 24.4 Å². The summed E-state index contributed by atoms with van der Waals surface area (Å²) < 4.78 is 27.7. The van der Waals surface area contributed by atoms with Crippen LogP contribution in [0.15, 0.2) is 82.8 Å². The fourth-order valence-electron chi connectivity index (χ4n) is 3.63. The van der Waals surface area contributed by atoms with Crippen molar-refractivity contribution in [3.8, 4) is 0 Å². The summed E-state index contributed by atoms with van der Waals surface area (Å²) in [6, 6.07) is 16.6. The minimum Gasteiger partial charge on any atom is -0.388 e. The first-order valence-electron chi connectivity index (χ1n) is 9.92. The Morgan fingerprint density at radius 3 is 2.41 bits per heavy atom. The van der Waals surface area contributed by atoms with Gasteiger partial charge < -0.3 is 5.11 Å². The van der Waals surface area contributed by atoms with Gasteiger partial charge in [0.25, 0.3) is 0 Å². The van der Waals surface area contributed by atoms with E-state index in [1.54, 1.807) is 16.4 Å². The second kappa shape index (κ2) is 9.08. The minimum absolute atomic E-state index is 0.0307. The third-order valence-electron chi connectivity index (χ3n) is 5.41. The van der Waals surface area contributed by atoms with Crippen LogP contribution in [0.5, 0.6) is 0 Å². The molecule has 5 heteroatoms. The first-order valence-corrected chi connectivity index (χ1v) is 11.4. The van der Waals surface area contributed by atoms with Crippen molar-refractivity contribution in [1.29, 1.82) is 0 Å². The minimum atomic E-state index is -3.52. The van der Waals surface area contributed by atoms with E-state index >= 15 is 0 Å². The predicted octanol–water partition coefficient (Wildman–Crippen LogP) is 4.63. The molecular formula is C24H29NO3S. The molecule has 1 heterocycles. The molecular weight excluding hydrogens is 382 g/mol. The summed E-state index contributed by atoms with van der Waals surface area (Å²) in [4.78, 5) is 0.334. The number of aliphatic hydroxyl groups is 1. The second-order valence-corrected chi connectivity index (χ2v) is 9.77. The molecule has 1 saturated heterocycles. The summed E-state index contributed by atoms with van der Waals surface area (Å²) in [7, 11) is -3.52. The Labute approximate surface area is 174 Å². The van der Waals surface area contributed by atoms with Gasteiger partial charge in [0.05, 0.1) is 11.0 Å². The number of hydrogen-bond acceptors (Lipinski definition) is 3. The van der Waals surface area contributed by atoms with Gasteiger partial charge in [-0.1, -0.05) is 65.8 Å². The van der Waals surface area contributed by atoms with Crippen LogP contribution >= 0.6 is 0 Å². The van der Waals surface area contributed by atoms with Crippen LogP contribution in [0.3, 0.4) is 0 Å². The average Bonchev–Trinajstić information content (AvgIpc) is 3.14. The molecule has 0 bridgehead atoms. The molecule has 29 heavy (non-hydrogen) atoms. The molecule has 0 spiro atoms. The maximum atomic E-state index is 13.1. The summed E-state index contributed by atoms with van der Waals surface area (Å²) in [6.45, 7) is 6.83. The SMILES string of the molecule is CC(C)=C1CN(S(=O)(=O)c2ccc(C)cc2)CC1/C=C/C[C@@H](O)c1ccccc1. The molecule has 1 aliphatic heterocycles. The van der Waals surface area contributed by atoms with E-state index in [1.165, 1.54) is 0 Å². The van der Waals surface area contributed by atoms with Crippen molar-refractivity contribution in [2.24, 2.45) is 5.92 Å². The van der Waals surface area contributed by atoms with Crippen molar-refractivity contribution >= 4 is 10.0 Å². The molecule has 2 aromatic rings. The second-order valence-electron chi connectivity index (χ2n) is 7.83. The zero-order valence-electron chi connectivity index (χ0n) is 17.2. The van der Waals surface area contributed by atoms with Gasteiger partial charge >= 0.3 is 0 Å². The van der Waals surface area contributed by atoms with Crippen LogP contribution in [-0.2, 0) is 10.0 Å². The summed E-state index contributed by atoms with van der Waals surface area (Å²) in [6.07, 6.45) is 3.95. The van der Waals surface area contributed by atoms with Crippen molar-refractivity contribution in [1.82, 2.24) is 4.31 Å². The van der Waals surface area contributed by atoms with E-state index in [1.807, 2.05) is 75.4 Å². The first kappa shape index (κ1) is 21.5. The fourth-order valence-corrected chi connectivity index (χ4v) is 5.08. The Hall–Kier alpha value is -2.21. The molecule has 154 valence electrons. The van der Waals surface area contributed by atoms with Crippen LogP contribution in [0, 0.1) is 12.8 Å². The van der Waals surface area contributed by atoms with Gasteiger partial charge in [-0.05, 0) is 50.5 Å². The maximum absolute atomic E-state index is 13.1. The Kier molecular flexibility index (Phi) is 6.73. The highest BCUT2D eigenvalue weighted by molar-refractivity contribution is 7.89. The number of aryl methyl sites for hydroxylation is 1. The highest BCUT2D eigenvalue weighted by Gasteiger charge is 2.35. The molecule has 2 aromatic carbocycles. The van der Waals surface area contributed by atoms with E-state index in [9.17, 15) is 13.5 Å². The number of sulfonamides is 1. The lowest BCUT2D eigenvalue weighted by Gasteiger charge is -2.16. The van der Waals surface area contributed by atoms with E-state index in [4.69, 9.17) is 0 Å². The predicted molar refractivity (Wildman–Crippen MR) is 117 cm³/mol. The molecule has 1 fully saturated rings. The van der Waals surface area contributed by atoms with Gasteiger partial charge in [-0.15, -0.1) is 0 Å². The first-order chi connectivity index (χ1) is 13.8. The quantitative estimate of drug-likeness (QED) is 0.705. The maximum Gasteiger partial charge on any atom is 0.243 e. The fraction of sp³-hybridized carbons (Fsp3) is 0.333. The molecule has 2 atom stereocenters. The topological polar surface area (TPSA) is 57.6 Å². The summed E-state index contributed by atoms with van der Waals surface area (Å²) in [5.41, 5.74) is 4.19. The Morgan fingerprint density at radius 2 is 1.79 bits per heavy atom. The van der Waals surface area contributed by atoms with Crippen LogP contribution in [0.1, 0.15) is 37.5 Å². The molecule has 1 aliphatic rings. The molecule has 0 radical (unpaired) electrons. The normalized spacial score (nSPS) is 19.0. The summed E-state index contributed by atoms with van der Waals surface area (Å²) >= 11 is 0. The van der Waals surface area contributed by atoms with Crippen molar-refractivity contribution in [2.45, 2.75) is 38.2 Å². The lowest BCUT2D eigenvalue weighted by molar-refractivity contribution is 0.181. The van der Waals surface area contributed by atoms with Crippen molar-refractivity contribution < 1.29 is 13.5 Å². The van der Waals surface area contributed by atoms with E-state index in [0.717, 1.165) is 22.3 Å². The Bertz CT molecular complexity index is 988. The molecule has 0 amide bonds. The van der Waals surface area contributed by atoms with Gasteiger partial charge in [0, 0.05) is 19.0 Å². The van der Waals surface area contributed by atoms with Crippen molar-refractivity contribution in [3.63, 3.8) is 0 Å². The summed E-state index contributed by atoms with van der Waals surface area (Å²) in [5, 5.41) is 10.4. The molecule has 4 nitrogen and oxygen atoms in total. The molecule has 0 aromatic heterocycles. The zero-order valence-corrected chi connectivity index (χ0v) is 18.1. The molecule has 0 aliphatic carbocycles. The van der Waals surface area contributed by atoms with Gasteiger partial charge in [-0.3, -0.25) is 0 Å². The van der Waals surface area contributed by atoms with Gasteiger partial charge in [-0.25, -0.2) is 8.42 Å². The Balaban J connectivity index is 1.74. The molecule has 3 rings (SSSR count). The van der Waals surface area contributed by atoms with Gasteiger partial charge in [-0.2, -0.15) is 4.31 Å². The standard InChI is InChI=1S/C24H29NO3S/c1-18(2)23-17-25(29(27,28)22-14-12-19(3)13-15-22)16-21(23)10-7-11-24(26)20-8-5-4-6-9-20/h4-10,12-15,21,24,26H,11,16-17H2,1-3H3/b10-7+/t21?,24-/m1/s1.